The minimum atomic E-state index is -1.20. The molecule has 1 N–H and O–H groups in total. The van der Waals surface area contributed by atoms with E-state index in [9.17, 15) is 5.11 Å². The van der Waals surface area contributed by atoms with Crippen molar-refractivity contribution in [2.24, 2.45) is 0 Å². The lowest BCUT2D eigenvalue weighted by Crippen LogP contribution is -2.33. The summed E-state index contributed by atoms with van der Waals surface area (Å²) in [5.74, 6) is 1.40. The van der Waals surface area contributed by atoms with Crippen LogP contribution in [0.4, 0.5) is 0 Å². The predicted molar refractivity (Wildman–Crippen MR) is 86.2 cm³/mol. The van der Waals surface area contributed by atoms with Gasteiger partial charge in [0.05, 0.1) is 0 Å². The van der Waals surface area contributed by atoms with Crippen molar-refractivity contribution < 1.29 is 9.84 Å². The summed E-state index contributed by atoms with van der Waals surface area (Å²) >= 11 is 0. The van der Waals surface area contributed by atoms with Crippen LogP contribution in [0, 0.1) is 6.92 Å². The summed E-state index contributed by atoms with van der Waals surface area (Å²) in [6.45, 7) is 2.02. The van der Waals surface area contributed by atoms with Crippen LogP contribution in [0.1, 0.15) is 22.3 Å². The summed E-state index contributed by atoms with van der Waals surface area (Å²) < 4.78 is 5.97. The van der Waals surface area contributed by atoms with Crippen LogP contribution in [0.2, 0.25) is 0 Å². The highest BCUT2D eigenvalue weighted by Gasteiger charge is 2.42. The van der Waals surface area contributed by atoms with Crippen molar-refractivity contribution in [1.29, 1.82) is 0 Å². The first-order chi connectivity index (χ1) is 10.7. The molecule has 0 unspecified atom stereocenters. The number of aliphatic hydroxyl groups is 1. The third kappa shape index (κ3) is 1.71. The number of para-hydroxylation sites is 2. The fraction of sp³-hybridized carbons (Fsp3) is 0.100. The second-order valence-electron chi connectivity index (χ2n) is 5.62. The minimum Gasteiger partial charge on any atom is -0.457 e. The highest BCUT2D eigenvalue weighted by atomic mass is 16.5. The van der Waals surface area contributed by atoms with Gasteiger partial charge in [0.1, 0.15) is 17.1 Å². The SMILES string of the molecule is Cc1ccccc1C1(O)c2ccccc2Oc2ccccc21. The molecular weight excluding hydrogens is 272 g/mol. The van der Waals surface area contributed by atoms with Crippen molar-refractivity contribution >= 4 is 0 Å². The molecule has 4 rings (SSSR count). The van der Waals surface area contributed by atoms with Gasteiger partial charge in [0.25, 0.3) is 0 Å². The van der Waals surface area contributed by atoms with Crippen LogP contribution >= 0.6 is 0 Å². The fourth-order valence-electron chi connectivity index (χ4n) is 3.24. The lowest BCUT2D eigenvalue weighted by Gasteiger charge is -2.37. The maximum absolute atomic E-state index is 11.7. The maximum atomic E-state index is 11.7. The number of fused-ring (bicyclic) bond motifs is 2. The normalized spacial score (nSPS) is 14.6. The van der Waals surface area contributed by atoms with E-state index in [2.05, 4.69) is 0 Å². The van der Waals surface area contributed by atoms with E-state index in [0.29, 0.717) is 11.5 Å². The Morgan fingerprint density at radius 1 is 0.682 bits per heavy atom. The number of hydrogen-bond donors (Lipinski definition) is 1. The number of ether oxygens (including phenoxy) is 1. The van der Waals surface area contributed by atoms with E-state index in [1.165, 1.54) is 0 Å². The molecule has 0 bridgehead atoms. The van der Waals surface area contributed by atoms with Gasteiger partial charge in [-0.3, -0.25) is 0 Å². The topological polar surface area (TPSA) is 29.5 Å². The molecule has 1 heterocycles. The molecule has 0 fully saturated rings. The lowest BCUT2D eigenvalue weighted by atomic mass is 9.76. The molecule has 0 atom stereocenters. The molecule has 22 heavy (non-hydrogen) atoms. The van der Waals surface area contributed by atoms with Crippen LogP contribution in [0.5, 0.6) is 11.5 Å². The van der Waals surface area contributed by atoms with Crippen molar-refractivity contribution in [2.45, 2.75) is 12.5 Å². The highest BCUT2D eigenvalue weighted by molar-refractivity contribution is 5.61. The number of rotatable bonds is 1. The molecule has 108 valence electrons. The molecule has 3 aromatic rings. The minimum absolute atomic E-state index is 0.701. The van der Waals surface area contributed by atoms with Gasteiger partial charge < -0.3 is 9.84 Å². The van der Waals surface area contributed by atoms with Gasteiger partial charge in [0.15, 0.2) is 0 Å². The van der Waals surface area contributed by atoms with Gasteiger partial charge in [0.2, 0.25) is 0 Å². The van der Waals surface area contributed by atoms with Gasteiger partial charge in [-0.05, 0) is 30.2 Å². The second-order valence-corrected chi connectivity index (χ2v) is 5.62. The Bertz CT molecular complexity index is 788. The molecule has 1 aliphatic heterocycles. The molecule has 1 aliphatic rings. The van der Waals surface area contributed by atoms with Crippen LogP contribution in [0.15, 0.2) is 72.8 Å². The molecule has 0 aromatic heterocycles. The van der Waals surface area contributed by atoms with Crippen molar-refractivity contribution in [3.8, 4) is 11.5 Å². The fourth-order valence-corrected chi connectivity index (χ4v) is 3.24. The van der Waals surface area contributed by atoms with E-state index >= 15 is 0 Å². The lowest BCUT2D eigenvalue weighted by molar-refractivity contribution is 0.112. The third-order valence-corrected chi connectivity index (χ3v) is 4.31. The largest absolute Gasteiger partial charge is 0.457 e. The van der Waals surface area contributed by atoms with Crippen molar-refractivity contribution in [1.82, 2.24) is 0 Å². The van der Waals surface area contributed by atoms with Crippen molar-refractivity contribution in [2.75, 3.05) is 0 Å². The smallest absolute Gasteiger partial charge is 0.147 e. The zero-order chi connectivity index (χ0) is 15.2. The van der Waals surface area contributed by atoms with E-state index < -0.39 is 5.60 Å². The summed E-state index contributed by atoms with van der Waals surface area (Å²) in [6, 6.07) is 23.3. The standard InChI is InChI=1S/C20H16O2/c1-14-8-2-3-9-15(14)20(21)16-10-4-6-12-18(16)22-19-13-7-5-11-17(19)20/h2-13,21H,1H3. The Balaban J connectivity index is 2.09. The number of benzene rings is 3. The van der Waals surface area contributed by atoms with Gasteiger partial charge in [-0.2, -0.15) is 0 Å². The summed E-state index contributed by atoms with van der Waals surface area (Å²) in [7, 11) is 0. The Hall–Kier alpha value is -2.58. The Labute approximate surface area is 129 Å². The molecule has 0 radical (unpaired) electrons. The molecular formula is C20H16O2. The quantitative estimate of drug-likeness (QED) is 0.720. The average Bonchev–Trinajstić information content (AvgIpc) is 2.55. The predicted octanol–water partition coefficient (Wildman–Crippen LogP) is 4.38. The summed E-state index contributed by atoms with van der Waals surface area (Å²) in [5.41, 5.74) is 2.30. The van der Waals surface area contributed by atoms with Crippen molar-refractivity contribution in [3.05, 3.63) is 95.1 Å². The van der Waals surface area contributed by atoms with Gasteiger partial charge in [-0.15, -0.1) is 0 Å². The molecule has 0 saturated carbocycles. The van der Waals surface area contributed by atoms with E-state index in [1.807, 2.05) is 79.7 Å². The van der Waals surface area contributed by atoms with E-state index in [1.54, 1.807) is 0 Å². The Kier molecular flexibility index (Phi) is 2.81. The summed E-state index contributed by atoms with van der Waals surface area (Å²) in [6.07, 6.45) is 0. The highest BCUT2D eigenvalue weighted by Crippen LogP contribution is 2.50. The van der Waals surface area contributed by atoms with Crippen LogP contribution in [0.25, 0.3) is 0 Å². The molecule has 2 nitrogen and oxygen atoms in total. The third-order valence-electron chi connectivity index (χ3n) is 4.31. The average molecular weight is 288 g/mol. The molecule has 0 spiro atoms. The van der Waals surface area contributed by atoms with Crippen LogP contribution in [-0.2, 0) is 5.60 Å². The summed E-state index contributed by atoms with van der Waals surface area (Å²) in [5, 5.41) is 11.7. The first kappa shape index (κ1) is 13.1. The maximum Gasteiger partial charge on any atom is 0.147 e. The van der Waals surface area contributed by atoms with Crippen molar-refractivity contribution in [3.63, 3.8) is 0 Å². The van der Waals surface area contributed by atoms with Crippen LogP contribution in [-0.4, -0.2) is 5.11 Å². The first-order valence-electron chi connectivity index (χ1n) is 7.36. The van der Waals surface area contributed by atoms with Crippen LogP contribution in [0.3, 0.4) is 0 Å². The molecule has 2 heteroatoms. The molecule has 0 amide bonds. The van der Waals surface area contributed by atoms with Crippen LogP contribution < -0.4 is 4.74 Å². The Morgan fingerprint density at radius 3 is 1.68 bits per heavy atom. The number of aryl methyl sites for hydroxylation is 1. The second kappa shape index (κ2) is 4.72. The molecule has 0 saturated heterocycles. The van der Waals surface area contributed by atoms with E-state index in [0.717, 1.165) is 22.3 Å². The molecule has 3 aromatic carbocycles. The van der Waals surface area contributed by atoms with E-state index in [4.69, 9.17) is 4.74 Å². The zero-order valence-corrected chi connectivity index (χ0v) is 12.3. The van der Waals surface area contributed by atoms with Gasteiger partial charge in [-0.25, -0.2) is 0 Å². The van der Waals surface area contributed by atoms with Gasteiger partial charge in [0, 0.05) is 11.1 Å². The first-order valence-corrected chi connectivity index (χ1v) is 7.36. The monoisotopic (exact) mass is 288 g/mol. The van der Waals surface area contributed by atoms with E-state index in [-0.39, 0.29) is 0 Å². The molecule has 0 aliphatic carbocycles. The Morgan fingerprint density at radius 2 is 1.14 bits per heavy atom. The summed E-state index contributed by atoms with van der Waals surface area (Å²) in [4.78, 5) is 0. The number of hydrogen-bond acceptors (Lipinski definition) is 2. The van der Waals surface area contributed by atoms with Gasteiger partial charge in [-0.1, -0.05) is 60.7 Å². The zero-order valence-electron chi connectivity index (χ0n) is 12.3. The van der Waals surface area contributed by atoms with Gasteiger partial charge >= 0.3 is 0 Å².